The maximum absolute atomic E-state index is 12.0. The topological polar surface area (TPSA) is 66.9 Å². The van der Waals surface area contributed by atoms with Gasteiger partial charge in [0, 0.05) is 35.6 Å². The number of pyridine rings is 2. The Morgan fingerprint density at radius 3 is 2.64 bits per heavy atom. The van der Waals surface area contributed by atoms with Crippen molar-refractivity contribution < 1.29 is 4.79 Å². The Balaban J connectivity index is 2.05. The van der Waals surface area contributed by atoms with Crippen molar-refractivity contribution in [2.24, 2.45) is 5.92 Å². The van der Waals surface area contributed by atoms with Gasteiger partial charge >= 0.3 is 0 Å². The Kier molecular flexibility index (Phi) is 4.77. The average molecular weight is 353 g/mol. The van der Waals surface area contributed by atoms with Crippen molar-refractivity contribution in [3.63, 3.8) is 0 Å². The van der Waals surface area contributed by atoms with Crippen molar-refractivity contribution in [2.75, 3.05) is 17.2 Å². The number of amides is 1. The second-order valence-corrected chi connectivity index (χ2v) is 12.2. The van der Waals surface area contributed by atoms with Crippen LogP contribution in [-0.2, 0) is 4.79 Å². The molecule has 1 saturated carbocycles. The molecule has 6 heteroatoms. The number of anilines is 2. The second-order valence-electron chi connectivity index (χ2n) is 7.43. The van der Waals surface area contributed by atoms with Crippen molar-refractivity contribution in [1.82, 2.24) is 9.97 Å². The smallest absolute Gasteiger partial charge is 0.228 e. The highest BCUT2D eigenvalue weighted by Crippen LogP contribution is 2.31. The Labute approximate surface area is 149 Å². The minimum atomic E-state index is -1.49. The molecule has 1 amide bonds. The van der Waals surface area contributed by atoms with Crippen molar-refractivity contribution in [2.45, 2.75) is 39.4 Å². The molecule has 0 unspecified atom stereocenters. The van der Waals surface area contributed by atoms with Crippen molar-refractivity contribution in [3.05, 3.63) is 24.0 Å². The average Bonchev–Trinajstić information content (AvgIpc) is 3.38. The van der Waals surface area contributed by atoms with Gasteiger partial charge in [-0.05, 0) is 25.8 Å². The lowest BCUT2D eigenvalue weighted by Gasteiger charge is -2.11. The summed E-state index contributed by atoms with van der Waals surface area (Å²) in [5.74, 6) is 4.88. The molecule has 130 valence electrons. The van der Waals surface area contributed by atoms with Crippen LogP contribution in [-0.4, -0.2) is 30.5 Å². The van der Waals surface area contributed by atoms with Gasteiger partial charge < -0.3 is 10.6 Å². The summed E-state index contributed by atoms with van der Waals surface area (Å²) in [6.45, 7) is 9.45. The number of aromatic nitrogens is 2. The lowest BCUT2D eigenvalue weighted by molar-refractivity contribution is -0.117. The summed E-state index contributed by atoms with van der Waals surface area (Å²) < 4.78 is 0. The lowest BCUT2D eigenvalue weighted by Crippen LogP contribution is -2.16. The third-order valence-electron chi connectivity index (χ3n) is 3.89. The summed E-state index contributed by atoms with van der Waals surface area (Å²) in [6.07, 6.45) is 5.52. The number of rotatable bonds is 4. The van der Waals surface area contributed by atoms with Crippen LogP contribution in [0.25, 0.3) is 10.8 Å². The minimum Gasteiger partial charge on any atom is -0.370 e. The molecule has 3 rings (SSSR count). The monoisotopic (exact) mass is 352 g/mol. The maximum Gasteiger partial charge on any atom is 0.228 e. The van der Waals surface area contributed by atoms with Gasteiger partial charge in [-0.25, -0.2) is 9.97 Å². The van der Waals surface area contributed by atoms with E-state index in [4.69, 9.17) is 0 Å². The first-order valence-corrected chi connectivity index (χ1v) is 12.2. The van der Waals surface area contributed by atoms with Gasteiger partial charge in [-0.3, -0.25) is 4.79 Å². The zero-order chi connectivity index (χ0) is 18.0. The molecule has 2 heterocycles. The molecule has 1 aliphatic carbocycles. The van der Waals surface area contributed by atoms with Crippen LogP contribution in [0.4, 0.5) is 11.6 Å². The van der Waals surface area contributed by atoms with Gasteiger partial charge in [-0.2, -0.15) is 0 Å². The van der Waals surface area contributed by atoms with Crippen molar-refractivity contribution in [3.8, 4) is 11.5 Å². The van der Waals surface area contributed by atoms with Gasteiger partial charge in [0.15, 0.2) is 0 Å². The number of hydrogen-bond donors (Lipinski definition) is 2. The predicted octanol–water partition coefficient (Wildman–Crippen LogP) is 3.64. The number of fused-ring (bicyclic) bond motifs is 1. The van der Waals surface area contributed by atoms with E-state index in [9.17, 15) is 4.79 Å². The largest absolute Gasteiger partial charge is 0.370 e. The standard InChI is InChI=1S/C19H24N4OSi/c1-5-20-18-16-12-21-17(23-19(24)13-6-7-13)10-15(16)14(11-22-18)8-9-25(2,3)4/h10-13H,5-7H2,1-4H3,(H,20,22)(H,21,23,24). The van der Waals surface area contributed by atoms with Crippen molar-refractivity contribution in [1.29, 1.82) is 0 Å². The van der Waals surface area contributed by atoms with Gasteiger partial charge in [0.25, 0.3) is 0 Å². The summed E-state index contributed by atoms with van der Waals surface area (Å²) in [7, 11) is -1.49. The number of hydrogen-bond acceptors (Lipinski definition) is 4. The van der Waals surface area contributed by atoms with E-state index in [0.29, 0.717) is 5.82 Å². The second kappa shape index (κ2) is 6.85. The summed E-state index contributed by atoms with van der Waals surface area (Å²) in [5, 5.41) is 8.07. The number of nitrogens with zero attached hydrogens (tertiary/aromatic N) is 2. The molecule has 1 fully saturated rings. The fourth-order valence-electron chi connectivity index (χ4n) is 2.44. The Bertz CT molecular complexity index is 873. The molecule has 2 aromatic rings. The third-order valence-corrected chi connectivity index (χ3v) is 4.76. The van der Waals surface area contributed by atoms with Gasteiger partial charge in [-0.1, -0.05) is 25.6 Å². The highest BCUT2D eigenvalue weighted by Gasteiger charge is 2.29. The molecular formula is C19H24N4OSi. The maximum atomic E-state index is 12.0. The van der Waals surface area contributed by atoms with E-state index >= 15 is 0 Å². The number of carbonyl (C=O) groups is 1. The zero-order valence-corrected chi connectivity index (χ0v) is 16.2. The first-order valence-electron chi connectivity index (χ1n) is 8.74. The van der Waals surface area contributed by atoms with Gasteiger partial charge in [0.2, 0.25) is 5.91 Å². The van der Waals surface area contributed by atoms with Crippen LogP contribution in [0.2, 0.25) is 19.6 Å². The number of carbonyl (C=O) groups excluding carboxylic acids is 1. The molecule has 0 radical (unpaired) electrons. The summed E-state index contributed by atoms with van der Waals surface area (Å²) >= 11 is 0. The van der Waals surface area contributed by atoms with E-state index in [1.54, 1.807) is 12.4 Å². The van der Waals surface area contributed by atoms with E-state index in [-0.39, 0.29) is 11.8 Å². The highest BCUT2D eigenvalue weighted by atomic mass is 28.3. The fraction of sp³-hybridized carbons (Fsp3) is 0.421. The molecule has 2 N–H and O–H groups in total. The zero-order valence-electron chi connectivity index (χ0n) is 15.2. The lowest BCUT2D eigenvalue weighted by atomic mass is 10.1. The van der Waals surface area contributed by atoms with E-state index < -0.39 is 8.07 Å². The van der Waals surface area contributed by atoms with Crippen LogP contribution in [0.15, 0.2) is 18.5 Å². The summed E-state index contributed by atoms with van der Waals surface area (Å²) in [5.41, 5.74) is 4.27. The molecule has 25 heavy (non-hydrogen) atoms. The molecule has 0 saturated heterocycles. The van der Waals surface area contributed by atoms with E-state index in [0.717, 1.165) is 41.5 Å². The van der Waals surface area contributed by atoms with Crippen LogP contribution < -0.4 is 10.6 Å². The molecule has 2 aromatic heterocycles. The Morgan fingerprint density at radius 2 is 2.00 bits per heavy atom. The molecule has 1 aliphatic rings. The Morgan fingerprint density at radius 1 is 1.24 bits per heavy atom. The quantitative estimate of drug-likeness (QED) is 0.651. The predicted molar refractivity (Wildman–Crippen MR) is 105 cm³/mol. The first-order chi connectivity index (χ1) is 11.9. The van der Waals surface area contributed by atoms with Crippen LogP contribution in [0.1, 0.15) is 25.3 Å². The summed E-state index contributed by atoms with van der Waals surface area (Å²) in [4.78, 5) is 20.9. The molecular weight excluding hydrogens is 328 g/mol. The van der Waals surface area contributed by atoms with Crippen LogP contribution in [0.3, 0.4) is 0 Å². The van der Waals surface area contributed by atoms with E-state index in [1.165, 1.54) is 0 Å². The molecule has 0 aromatic carbocycles. The number of nitrogens with one attached hydrogen (secondary N) is 2. The van der Waals surface area contributed by atoms with Gasteiger partial charge in [-0.15, -0.1) is 5.54 Å². The SMILES string of the molecule is CCNc1ncc(C#C[Si](C)(C)C)c2cc(NC(=O)C3CC3)ncc12. The third kappa shape index (κ3) is 4.37. The highest BCUT2D eigenvalue weighted by molar-refractivity contribution is 6.83. The molecule has 0 bridgehead atoms. The molecule has 0 spiro atoms. The van der Waals surface area contributed by atoms with Crippen LogP contribution in [0.5, 0.6) is 0 Å². The molecule has 0 atom stereocenters. The van der Waals surface area contributed by atoms with Crippen LogP contribution in [0, 0.1) is 17.4 Å². The van der Waals surface area contributed by atoms with Crippen molar-refractivity contribution >= 4 is 36.4 Å². The molecule has 5 nitrogen and oxygen atoms in total. The first kappa shape index (κ1) is 17.4. The van der Waals surface area contributed by atoms with E-state index in [1.807, 2.05) is 13.0 Å². The normalized spacial score (nSPS) is 13.9. The summed E-state index contributed by atoms with van der Waals surface area (Å²) in [6, 6.07) is 1.91. The van der Waals surface area contributed by atoms with Gasteiger partial charge in [0.05, 0.1) is 5.56 Å². The molecule has 0 aliphatic heterocycles. The minimum absolute atomic E-state index is 0.0579. The van der Waals surface area contributed by atoms with E-state index in [2.05, 4.69) is 51.7 Å². The van der Waals surface area contributed by atoms with Gasteiger partial charge in [0.1, 0.15) is 19.7 Å². The van der Waals surface area contributed by atoms with Crippen LogP contribution >= 0.6 is 0 Å². The fourth-order valence-corrected chi connectivity index (χ4v) is 2.95. The Hall–Kier alpha value is -2.39.